The third-order valence-corrected chi connectivity index (χ3v) is 5.08. The molecule has 1 atom stereocenters. The highest BCUT2D eigenvalue weighted by Crippen LogP contribution is 2.30. The first kappa shape index (κ1) is 17.5. The number of hydrogen-bond donors (Lipinski definition) is 1. The Balaban J connectivity index is 1.76. The zero-order valence-electron chi connectivity index (χ0n) is 15.4. The second-order valence-electron chi connectivity index (χ2n) is 6.89. The Labute approximate surface area is 156 Å². The number of amides is 1. The van der Waals surface area contributed by atoms with Gasteiger partial charge in [0.25, 0.3) is 5.56 Å². The summed E-state index contributed by atoms with van der Waals surface area (Å²) in [5, 5.41) is 3.10. The number of methoxy groups -OCH3 is 1. The van der Waals surface area contributed by atoms with Gasteiger partial charge >= 0.3 is 0 Å². The molecule has 7 nitrogen and oxygen atoms in total. The van der Waals surface area contributed by atoms with E-state index in [-0.39, 0.29) is 17.4 Å². The van der Waals surface area contributed by atoms with Crippen LogP contribution in [0.5, 0.6) is 0 Å². The number of nitrogens with one attached hydrogen (secondary N) is 1. The number of rotatable bonds is 5. The third kappa shape index (κ3) is 3.14. The van der Waals surface area contributed by atoms with Crippen molar-refractivity contribution in [3.8, 4) is 11.1 Å². The zero-order valence-corrected chi connectivity index (χ0v) is 15.4. The maximum atomic E-state index is 12.7. The van der Waals surface area contributed by atoms with Crippen LogP contribution in [0.2, 0.25) is 0 Å². The summed E-state index contributed by atoms with van der Waals surface area (Å²) < 4.78 is 6.54. The van der Waals surface area contributed by atoms with Crippen LogP contribution in [0.3, 0.4) is 0 Å². The molecule has 1 aromatic carbocycles. The molecule has 0 radical (unpaired) electrons. The maximum Gasteiger partial charge on any atom is 0.272 e. The minimum atomic E-state index is -0.164. The average Bonchev–Trinajstić information content (AvgIpc) is 3.20. The molecular weight excluding hydrogens is 344 g/mol. The first-order valence-electron chi connectivity index (χ1n) is 9.03. The lowest BCUT2D eigenvalue weighted by atomic mass is 10.0. The van der Waals surface area contributed by atoms with Crippen molar-refractivity contribution in [1.82, 2.24) is 19.5 Å². The minimum Gasteiger partial charge on any atom is -0.383 e. The lowest BCUT2D eigenvalue weighted by Gasteiger charge is -2.15. The lowest BCUT2D eigenvalue weighted by Crippen LogP contribution is -2.28. The standard InChI is InChI=1S/C20H22N4O3/c1-13-19(14-6-4-3-5-7-14)20-21-16(11-18(26)24(20)22-13)15-10-17(25)23(12-15)8-9-27-2/h3-7,11,15,22H,8-10,12H2,1-2H3/t15-/m0/s1. The Hall–Kier alpha value is -2.93. The fraction of sp³-hybridized carbons (Fsp3) is 0.350. The van der Waals surface area contributed by atoms with Crippen LogP contribution in [-0.2, 0) is 9.53 Å². The van der Waals surface area contributed by atoms with Crippen LogP contribution < -0.4 is 5.56 Å². The van der Waals surface area contributed by atoms with E-state index in [1.807, 2.05) is 37.3 Å². The normalized spacial score (nSPS) is 17.2. The summed E-state index contributed by atoms with van der Waals surface area (Å²) >= 11 is 0. The highest BCUT2D eigenvalue weighted by molar-refractivity contribution is 5.81. The first-order chi connectivity index (χ1) is 13.1. The van der Waals surface area contributed by atoms with E-state index in [4.69, 9.17) is 9.72 Å². The Morgan fingerprint density at radius 1 is 1.26 bits per heavy atom. The summed E-state index contributed by atoms with van der Waals surface area (Å²) in [6.07, 6.45) is 0.371. The van der Waals surface area contributed by atoms with Crippen LogP contribution in [0.25, 0.3) is 16.8 Å². The molecule has 140 valence electrons. The lowest BCUT2D eigenvalue weighted by molar-refractivity contribution is -0.128. The summed E-state index contributed by atoms with van der Waals surface area (Å²) in [7, 11) is 1.62. The molecule has 0 aliphatic carbocycles. The molecule has 0 unspecified atom stereocenters. The molecule has 1 fully saturated rings. The van der Waals surface area contributed by atoms with Crippen molar-refractivity contribution in [2.75, 3.05) is 26.8 Å². The maximum absolute atomic E-state index is 12.7. The van der Waals surface area contributed by atoms with Crippen molar-refractivity contribution < 1.29 is 9.53 Å². The number of carbonyl (C=O) groups excluding carboxylic acids is 1. The van der Waals surface area contributed by atoms with Crippen LogP contribution >= 0.6 is 0 Å². The van der Waals surface area contributed by atoms with Gasteiger partial charge in [-0.25, -0.2) is 9.50 Å². The second-order valence-corrected chi connectivity index (χ2v) is 6.89. The molecule has 7 heteroatoms. The number of hydrogen-bond acceptors (Lipinski definition) is 4. The topological polar surface area (TPSA) is 79.7 Å². The monoisotopic (exact) mass is 366 g/mol. The third-order valence-electron chi connectivity index (χ3n) is 5.08. The minimum absolute atomic E-state index is 0.0765. The predicted molar refractivity (Wildman–Crippen MR) is 102 cm³/mol. The number of aromatic nitrogens is 3. The molecule has 27 heavy (non-hydrogen) atoms. The van der Waals surface area contributed by atoms with Crippen molar-refractivity contribution in [3.63, 3.8) is 0 Å². The van der Waals surface area contributed by atoms with Gasteiger partial charge in [-0.1, -0.05) is 30.3 Å². The molecule has 1 N–H and O–H groups in total. The van der Waals surface area contributed by atoms with Crippen LogP contribution in [0.15, 0.2) is 41.2 Å². The molecule has 1 saturated heterocycles. The molecule has 0 bridgehead atoms. The number of benzene rings is 1. The Morgan fingerprint density at radius 3 is 2.78 bits per heavy atom. The van der Waals surface area contributed by atoms with Crippen LogP contribution in [0.4, 0.5) is 0 Å². The summed E-state index contributed by atoms with van der Waals surface area (Å²) in [6, 6.07) is 11.4. The van der Waals surface area contributed by atoms with Gasteiger partial charge in [0.2, 0.25) is 5.91 Å². The van der Waals surface area contributed by atoms with Gasteiger partial charge in [0.15, 0.2) is 5.65 Å². The number of carbonyl (C=O) groups is 1. The molecule has 0 saturated carbocycles. The van der Waals surface area contributed by atoms with E-state index in [0.717, 1.165) is 16.8 Å². The van der Waals surface area contributed by atoms with E-state index in [0.29, 0.717) is 37.5 Å². The quantitative estimate of drug-likeness (QED) is 0.749. The van der Waals surface area contributed by atoms with Gasteiger partial charge in [-0.15, -0.1) is 0 Å². The fourth-order valence-corrected chi connectivity index (χ4v) is 3.71. The number of likely N-dealkylation sites (tertiary alicyclic amines) is 1. The smallest absolute Gasteiger partial charge is 0.272 e. The van der Waals surface area contributed by atoms with Crippen molar-refractivity contribution in [1.29, 1.82) is 0 Å². The molecule has 3 aromatic rings. The van der Waals surface area contributed by atoms with Gasteiger partial charge in [0, 0.05) is 49.9 Å². The van der Waals surface area contributed by atoms with Crippen LogP contribution in [-0.4, -0.2) is 52.2 Å². The van der Waals surface area contributed by atoms with Crippen molar-refractivity contribution in [3.05, 3.63) is 58.1 Å². The summed E-state index contributed by atoms with van der Waals surface area (Å²) in [5.74, 6) is -0.00142. The first-order valence-corrected chi connectivity index (χ1v) is 9.03. The fourth-order valence-electron chi connectivity index (χ4n) is 3.71. The van der Waals surface area contributed by atoms with Gasteiger partial charge in [-0.2, -0.15) is 0 Å². The van der Waals surface area contributed by atoms with Gasteiger partial charge in [0.1, 0.15) is 0 Å². The number of ether oxygens (including phenoxy) is 1. The van der Waals surface area contributed by atoms with E-state index >= 15 is 0 Å². The molecular formula is C20H22N4O3. The summed E-state index contributed by atoms with van der Waals surface area (Å²) in [4.78, 5) is 31.5. The number of aryl methyl sites for hydroxylation is 1. The summed E-state index contributed by atoms with van der Waals surface area (Å²) in [6.45, 7) is 3.56. The van der Waals surface area contributed by atoms with Gasteiger partial charge in [0.05, 0.1) is 12.3 Å². The number of nitrogens with zero attached hydrogens (tertiary/aromatic N) is 3. The molecule has 2 aromatic heterocycles. The van der Waals surface area contributed by atoms with Crippen molar-refractivity contribution >= 4 is 11.6 Å². The van der Waals surface area contributed by atoms with E-state index < -0.39 is 0 Å². The zero-order chi connectivity index (χ0) is 19.0. The average molecular weight is 366 g/mol. The van der Waals surface area contributed by atoms with Crippen molar-refractivity contribution in [2.45, 2.75) is 19.3 Å². The Kier molecular flexibility index (Phi) is 4.53. The van der Waals surface area contributed by atoms with E-state index in [1.165, 1.54) is 10.6 Å². The van der Waals surface area contributed by atoms with Gasteiger partial charge in [-0.3, -0.25) is 14.7 Å². The Morgan fingerprint density at radius 2 is 2.04 bits per heavy atom. The largest absolute Gasteiger partial charge is 0.383 e. The number of fused-ring (bicyclic) bond motifs is 1. The molecule has 0 spiro atoms. The molecule has 1 aliphatic rings. The molecule has 3 heterocycles. The van der Waals surface area contributed by atoms with E-state index in [9.17, 15) is 9.59 Å². The van der Waals surface area contributed by atoms with Gasteiger partial charge < -0.3 is 9.64 Å². The summed E-state index contributed by atoms with van der Waals surface area (Å²) in [5.41, 5.74) is 3.90. The van der Waals surface area contributed by atoms with E-state index in [1.54, 1.807) is 12.0 Å². The molecule has 1 aliphatic heterocycles. The Bertz CT molecular complexity index is 1040. The van der Waals surface area contributed by atoms with Crippen LogP contribution in [0.1, 0.15) is 23.7 Å². The molecule has 1 amide bonds. The highest BCUT2D eigenvalue weighted by atomic mass is 16.5. The highest BCUT2D eigenvalue weighted by Gasteiger charge is 2.32. The SMILES string of the molecule is COCCN1C[C@@H](c2cc(=O)n3[nH]c(C)c(-c4ccccc4)c3n2)CC1=O. The predicted octanol–water partition coefficient (Wildman–Crippen LogP) is 1.96. The van der Waals surface area contributed by atoms with E-state index in [2.05, 4.69) is 5.10 Å². The number of H-pyrrole nitrogens is 1. The van der Waals surface area contributed by atoms with Crippen LogP contribution in [0, 0.1) is 6.92 Å². The van der Waals surface area contributed by atoms with Crippen molar-refractivity contribution in [2.24, 2.45) is 0 Å². The number of aromatic amines is 1. The molecule has 4 rings (SSSR count). The second kappa shape index (κ2) is 7.00. The van der Waals surface area contributed by atoms with Gasteiger partial charge in [-0.05, 0) is 12.5 Å².